The maximum atomic E-state index is 4.54. The number of allylic oxidation sites excluding steroid dienone is 6. The van der Waals surface area contributed by atoms with Crippen molar-refractivity contribution in [2.45, 2.75) is 37.6 Å². The van der Waals surface area contributed by atoms with Gasteiger partial charge in [0.25, 0.3) is 0 Å². The van der Waals surface area contributed by atoms with Crippen LogP contribution in [0, 0.1) is 0 Å². The van der Waals surface area contributed by atoms with Gasteiger partial charge in [-0.3, -0.25) is 4.98 Å². The van der Waals surface area contributed by atoms with Crippen molar-refractivity contribution in [1.29, 1.82) is 0 Å². The lowest BCUT2D eigenvalue weighted by Crippen LogP contribution is -2.49. The molecule has 1 unspecified atom stereocenters. The third-order valence-corrected chi connectivity index (χ3v) is 5.46. The van der Waals surface area contributed by atoms with E-state index in [0.29, 0.717) is 0 Å². The smallest absolute Gasteiger partial charge is 0.0658 e. The summed E-state index contributed by atoms with van der Waals surface area (Å²) in [5.41, 5.74) is 4.25. The highest BCUT2D eigenvalue weighted by molar-refractivity contribution is 5.64. The molecule has 2 aliphatic carbocycles. The highest BCUT2D eigenvalue weighted by Crippen LogP contribution is 2.43. The van der Waals surface area contributed by atoms with Crippen LogP contribution in [-0.2, 0) is 0 Å². The number of aromatic nitrogens is 1. The molecule has 24 heavy (non-hydrogen) atoms. The van der Waals surface area contributed by atoms with E-state index in [9.17, 15) is 0 Å². The average molecular weight is 316 g/mol. The van der Waals surface area contributed by atoms with Crippen molar-refractivity contribution in [3.8, 4) is 0 Å². The molecule has 122 valence electrons. The number of rotatable bonds is 3. The van der Waals surface area contributed by atoms with E-state index in [1.807, 2.05) is 12.3 Å². The van der Waals surface area contributed by atoms with Gasteiger partial charge in [0, 0.05) is 18.9 Å². The van der Waals surface area contributed by atoms with Crippen molar-refractivity contribution in [3.63, 3.8) is 0 Å². The number of pyridine rings is 1. The van der Waals surface area contributed by atoms with Crippen LogP contribution in [0.1, 0.15) is 37.8 Å². The van der Waals surface area contributed by atoms with Crippen molar-refractivity contribution in [1.82, 2.24) is 9.88 Å². The van der Waals surface area contributed by atoms with Gasteiger partial charge < -0.3 is 4.90 Å². The van der Waals surface area contributed by atoms with Crippen LogP contribution >= 0.6 is 0 Å². The van der Waals surface area contributed by atoms with Crippen molar-refractivity contribution in [2.75, 3.05) is 6.54 Å². The summed E-state index contributed by atoms with van der Waals surface area (Å²) in [7, 11) is 0. The van der Waals surface area contributed by atoms with Gasteiger partial charge in [-0.15, -0.1) is 0 Å². The van der Waals surface area contributed by atoms with Crippen LogP contribution in [0.3, 0.4) is 0 Å². The second kappa shape index (κ2) is 6.64. The minimum atomic E-state index is 0.129. The molecule has 0 bridgehead atoms. The fraction of sp³-hybridized carbons (Fsp3) is 0.318. The summed E-state index contributed by atoms with van der Waals surface area (Å²) in [6, 6.07) is 6.20. The number of hydrogen-bond acceptors (Lipinski definition) is 2. The molecule has 1 aliphatic heterocycles. The SMILES string of the molecule is C1=CCN(C2(C3=CCC=CC3)CC=C(c3ccccn3)CC2)C=C1. The molecule has 1 atom stereocenters. The van der Waals surface area contributed by atoms with E-state index in [1.54, 1.807) is 5.57 Å². The molecule has 0 N–H and O–H groups in total. The Labute approximate surface area is 144 Å². The molecule has 0 aromatic carbocycles. The van der Waals surface area contributed by atoms with Gasteiger partial charge in [0.05, 0.1) is 11.2 Å². The predicted octanol–water partition coefficient (Wildman–Crippen LogP) is 5.05. The Morgan fingerprint density at radius 1 is 1.04 bits per heavy atom. The predicted molar refractivity (Wildman–Crippen MR) is 100 cm³/mol. The van der Waals surface area contributed by atoms with Crippen LogP contribution in [-0.4, -0.2) is 22.0 Å². The van der Waals surface area contributed by atoms with Gasteiger partial charge in [-0.05, 0) is 61.5 Å². The van der Waals surface area contributed by atoms with Crippen LogP contribution < -0.4 is 0 Å². The highest BCUT2D eigenvalue weighted by Gasteiger charge is 2.39. The Kier molecular flexibility index (Phi) is 4.20. The highest BCUT2D eigenvalue weighted by atomic mass is 15.2. The zero-order chi connectivity index (χ0) is 16.2. The molecule has 1 aromatic heterocycles. The summed E-state index contributed by atoms with van der Waals surface area (Å²) in [5, 5.41) is 0. The lowest BCUT2D eigenvalue weighted by Gasteiger charge is -2.48. The molecule has 1 aromatic rings. The Morgan fingerprint density at radius 3 is 2.71 bits per heavy atom. The van der Waals surface area contributed by atoms with Gasteiger partial charge in [0.15, 0.2) is 0 Å². The summed E-state index contributed by atoms with van der Waals surface area (Å²) in [6.45, 7) is 1.00. The first kappa shape index (κ1) is 15.2. The second-order valence-corrected chi connectivity index (χ2v) is 6.74. The van der Waals surface area contributed by atoms with Gasteiger partial charge in [-0.25, -0.2) is 0 Å². The summed E-state index contributed by atoms with van der Waals surface area (Å²) in [5.74, 6) is 0. The monoisotopic (exact) mass is 316 g/mol. The molecule has 0 saturated heterocycles. The molecular formula is C22H24N2. The molecule has 0 spiro atoms. The van der Waals surface area contributed by atoms with Crippen LogP contribution in [0.5, 0.6) is 0 Å². The largest absolute Gasteiger partial charge is 0.364 e. The van der Waals surface area contributed by atoms with Gasteiger partial charge in [-0.1, -0.05) is 42.5 Å². The molecule has 3 aliphatic rings. The van der Waals surface area contributed by atoms with E-state index in [2.05, 4.69) is 70.7 Å². The summed E-state index contributed by atoms with van der Waals surface area (Å²) in [6.07, 6.45) is 25.7. The van der Waals surface area contributed by atoms with E-state index in [0.717, 1.165) is 44.3 Å². The lowest BCUT2D eigenvalue weighted by atomic mass is 9.73. The number of hydrogen-bond donors (Lipinski definition) is 0. The molecule has 0 amide bonds. The Bertz CT molecular complexity index is 736. The molecule has 2 heterocycles. The lowest BCUT2D eigenvalue weighted by molar-refractivity contribution is 0.181. The maximum absolute atomic E-state index is 4.54. The first-order valence-electron chi connectivity index (χ1n) is 8.93. The minimum absolute atomic E-state index is 0.129. The third-order valence-electron chi connectivity index (χ3n) is 5.46. The van der Waals surface area contributed by atoms with Crippen LogP contribution in [0.4, 0.5) is 0 Å². The average Bonchev–Trinajstić information content (AvgIpc) is 2.70. The molecule has 2 nitrogen and oxygen atoms in total. The quantitative estimate of drug-likeness (QED) is 0.725. The first-order chi connectivity index (χ1) is 11.9. The Morgan fingerprint density at radius 2 is 2.04 bits per heavy atom. The van der Waals surface area contributed by atoms with Crippen LogP contribution in [0.2, 0.25) is 0 Å². The van der Waals surface area contributed by atoms with Crippen LogP contribution in [0.15, 0.2) is 78.7 Å². The van der Waals surface area contributed by atoms with Crippen molar-refractivity contribution >= 4 is 5.57 Å². The third kappa shape index (κ3) is 2.77. The summed E-state index contributed by atoms with van der Waals surface area (Å²) in [4.78, 5) is 7.09. The van der Waals surface area contributed by atoms with E-state index in [4.69, 9.17) is 0 Å². The molecular weight excluding hydrogens is 292 g/mol. The topological polar surface area (TPSA) is 16.1 Å². The van der Waals surface area contributed by atoms with Crippen molar-refractivity contribution in [3.05, 3.63) is 84.4 Å². The minimum Gasteiger partial charge on any atom is -0.364 e. The summed E-state index contributed by atoms with van der Waals surface area (Å²) >= 11 is 0. The van der Waals surface area contributed by atoms with E-state index < -0.39 is 0 Å². The molecule has 0 saturated carbocycles. The zero-order valence-electron chi connectivity index (χ0n) is 14.1. The Balaban J connectivity index is 1.66. The number of nitrogens with zero attached hydrogens (tertiary/aromatic N) is 2. The van der Waals surface area contributed by atoms with Gasteiger partial charge >= 0.3 is 0 Å². The molecule has 4 rings (SSSR count). The normalized spacial score (nSPS) is 26.2. The van der Waals surface area contributed by atoms with Crippen molar-refractivity contribution < 1.29 is 0 Å². The van der Waals surface area contributed by atoms with Gasteiger partial charge in [0.1, 0.15) is 0 Å². The maximum Gasteiger partial charge on any atom is 0.0658 e. The summed E-state index contributed by atoms with van der Waals surface area (Å²) < 4.78 is 0. The van der Waals surface area contributed by atoms with E-state index >= 15 is 0 Å². The van der Waals surface area contributed by atoms with Gasteiger partial charge in [-0.2, -0.15) is 0 Å². The molecule has 0 fully saturated rings. The molecule has 2 heteroatoms. The standard InChI is InChI=1S/C22H24N2/c1-3-9-20(10-4-1)22(24-17-7-2-8-18-24)14-12-19(13-15-22)21-11-5-6-16-23-21/h1-3,5-8,10-12,16-17H,4,9,13-15,18H2. The first-order valence-corrected chi connectivity index (χ1v) is 8.93. The molecule has 0 radical (unpaired) electrons. The Hall–Kier alpha value is -2.35. The van der Waals surface area contributed by atoms with E-state index in [1.165, 1.54) is 5.57 Å². The van der Waals surface area contributed by atoms with Crippen molar-refractivity contribution in [2.24, 2.45) is 0 Å². The van der Waals surface area contributed by atoms with Gasteiger partial charge in [0.2, 0.25) is 0 Å². The fourth-order valence-electron chi connectivity index (χ4n) is 4.12. The van der Waals surface area contributed by atoms with Crippen LogP contribution in [0.25, 0.3) is 5.57 Å². The van der Waals surface area contributed by atoms with E-state index in [-0.39, 0.29) is 5.54 Å². The second-order valence-electron chi connectivity index (χ2n) is 6.74. The zero-order valence-corrected chi connectivity index (χ0v) is 14.1. The fourth-order valence-corrected chi connectivity index (χ4v) is 4.12.